The third-order valence-electron chi connectivity index (χ3n) is 11.7. The molecule has 0 radical (unpaired) electrons. The van der Waals surface area contributed by atoms with Crippen molar-refractivity contribution < 1.29 is 38.9 Å². The van der Waals surface area contributed by atoms with E-state index in [1.165, 1.54) is 0 Å². The predicted molar refractivity (Wildman–Crippen MR) is 229 cm³/mol. The van der Waals surface area contributed by atoms with E-state index in [0.29, 0.717) is 48.3 Å². The average molecular weight is 819 g/mol. The van der Waals surface area contributed by atoms with Crippen LogP contribution in [-0.4, -0.2) is 75.3 Å². The molecular weight excluding hydrogens is 761 g/mol. The fraction of sp³-hybridized carbons (Fsp3) is 0.458. The first-order chi connectivity index (χ1) is 28.8. The van der Waals surface area contributed by atoms with Crippen molar-refractivity contribution in [2.75, 3.05) is 18.5 Å². The molecule has 0 aliphatic heterocycles. The first-order valence-electron chi connectivity index (χ1n) is 21.2. The van der Waals surface area contributed by atoms with Crippen molar-refractivity contribution in [1.82, 2.24) is 15.3 Å². The van der Waals surface area contributed by atoms with E-state index < -0.39 is 36.1 Å². The van der Waals surface area contributed by atoms with Crippen molar-refractivity contribution in [3.63, 3.8) is 0 Å². The number of ketones is 1. The molecule has 4 atom stereocenters. The third-order valence-corrected chi connectivity index (χ3v) is 11.7. The van der Waals surface area contributed by atoms with Crippen LogP contribution in [0.2, 0.25) is 0 Å². The van der Waals surface area contributed by atoms with Gasteiger partial charge in [0.1, 0.15) is 17.4 Å². The number of nitrogens with zero attached hydrogens (tertiary/aromatic N) is 2. The fourth-order valence-electron chi connectivity index (χ4n) is 7.88. The molecule has 0 spiro atoms. The van der Waals surface area contributed by atoms with Crippen molar-refractivity contribution in [3.8, 4) is 11.1 Å². The normalized spacial score (nSPS) is 15.7. The van der Waals surface area contributed by atoms with Gasteiger partial charge in [0, 0.05) is 31.0 Å². The number of amides is 1. The lowest BCUT2D eigenvalue weighted by atomic mass is 9.90. The Morgan fingerprint density at radius 1 is 0.750 bits per heavy atom. The van der Waals surface area contributed by atoms with E-state index in [-0.39, 0.29) is 31.3 Å². The molecule has 0 saturated heterocycles. The number of carbonyl (C=O) groups is 4. The Hall–Kier alpha value is -5.30. The molecule has 12 heteroatoms. The van der Waals surface area contributed by atoms with Crippen LogP contribution in [0.5, 0.6) is 0 Å². The lowest BCUT2D eigenvalue weighted by Crippen LogP contribution is -2.45. The van der Waals surface area contributed by atoms with Gasteiger partial charge in [-0.05, 0) is 160 Å². The summed E-state index contributed by atoms with van der Waals surface area (Å²) in [5.41, 5.74) is 9.87. The molecule has 60 heavy (non-hydrogen) atoms. The summed E-state index contributed by atoms with van der Waals surface area (Å²) in [5, 5.41) is 26.6. The van der Waals surface area contributed by atoms with Crippen LogP contribution >= 0.6 is 0 Å². The Kier molecular flexibility index (Phi) is 14.6. The molecule has 12 nitrogen and oxygen atoms in total. The van der Waals surface area contributed by atoms with Gasteiger partial charge in [-0.2, -0.15) is 0 Å². The number of carbonyl (C=O) groups excluding carboxylic acids is 4. The van der Waals surface area contributed by atoms with Gasteiger partial charge in [0.25, 0.3) is 5.91 Å². The Morgan fingerprint density at radius 3 is 1.97 bits per heavy atom. The molecule has 2 aromatic carbocycles. The molecule has 2 aliphatic carbocycles. The minimum atomic E-state index is -0.943. The van der Waals surface area contributed by atoms with E-state index in [9.17, 15) is 29.4 Å². The van der Waals surface area contributed by atoms with E-state index in [1.54, 1.807) is 40.1 Å². The molecule has 2 aliphatic rings. The summed E-state index contributed by atoms with van der Waals surface area (Å²) in [5.74, 6) is -1.34. The maximum Gasteiger partial charge on any atom is 0.325 e. The van der Waals surface area contributed by atoms with Crippen LogP contribution in [0.25, 0.3) is 11.1 Å². The standard InChI is InChI=1S/C48H58N4O8/c1-7-59-47(57)38(29(5)53)20-19-34-24-50-43(23-39(34)31-15-16-31)46(56)52-41-14-10-13-37(28(41)4)36-12-9-11-33(27(36)3)21-44(55)42-22-40(32-17-18-32)35(25-49-42)26-51-45(30(6)54)48(58)60-8-2/h9-14,22-25,29-32,38,45,51,53-54H,7-8,15-21,26H2,1-6H3,(H,52,56)/t29-,30-,38+,45+/m1/s1. The van der Waals surface area contributed by atoms with E-state index in [0.717, 1.165) is 75.8 Å². The number of nitrogens with one attached hydrogen (secondary N) is 2. The zero-order valence-corrected chi connectivity index (χ0v) is 35.5. The topological polar surface area (TPSA) is 177 Å². The number of esters is 2. The number of hydrogen-bond donors (Lipinski definition) is 4. The van der Waals surface area contributed by atoms with Crippen LogP contribution in [0.4, 0.5) is 5.69 Å². The van der Waals surface area contributed by atoms with Gasteiger partial charge < -0.3 is 25.0 Å². The fourth-order valence-corrected chi connectivity index (χ4v) is 7.88. The smallest absolute Gasteiger partial charge is 0.325 e. The molecule has 2 saturated carbocycles. The molecule has 1 amide bonds. The molecule has 4 N–H and O–H groups in total. The van der Waals surface area contributed by atoms with Crippen molar-refractivity contribution >= 4 is 29.3 Å². The second-order valence-electron chi connectivity index (χ2n) is 16.2. The van der Waals surface area contributed by atoms with Gasteiger partial charge >= 0.3 is 11.9 Å². The van der Waals surface area contributed by atoms with Crippen LogP contribution in [-0.2, 0) is 38.4 Å². The molecule has 2 aromatic heterocycles. The highest BCUT2D eigenvalue weighted by molar-refractivity contribution is 6.04. The Bertz CT molecular complexity index is 2060. The highest BCUT2D eigenvalue weighted by Gasteiger charge is 2.31. The zero-order chi connectivity index (χ0) is 43.1. The third kappa shape index (κ3) is 10.7. The Balaban J connectivity index is 1.15. The summed E-state index contributed by atoms with van der Waals surface area (Å²) in [6.07, 6.45) is 6.82. The Labute approximate surface area is 352 Å². The number of pyridine rings is 2. The lowest BCUT2D eigenvalue weighted by molar-refractivity contribution is -0.152. The van der Waals surface area contributed by atoms with Gasteiger partial charge in [0.2, 0.25) is 0 Å². The van der Waals surface area contributed by atoms with Crippen LogP contribution < -0.4 is 10.6 Å². The second-order valence-corrected chi connectivity index (χ2v) is 16.2. The van der Waals surface area contributed by atoms with E-state index in [4.69, 9.17) is 9.47 Å². The summed E-state index contributed by atoms with van der Waals surface area (Å²) in [6, 6.07) is 14.6. The summed E-state index contributed by atoms with van der Waals surface area (Å²) in [7, 11) is 0. The maximum atomic E-state index is 13.8. The van der Waals surface area contributed by atoms with E-state index in [2.05, 4.69) is 20.6 Å². The Morgan fingerprint density at radius 2 is 1.33 bits per heavy atom. The van der Waals surface area contributed by atoms with Crippen LogP contribution in [0, 0.1) is 19.8 Å². The number of anilines is 1. The monoisotopic (exact) mass is 818 g/mol. The van der Waals surface area contributed by atoms with Crippen LogP contribution in [0.1, 0.15) is 132 Å². The zero-order valence-electron chi connectivity index (χ0n) is 35.5. The summed E-state index contributed by atoms with van der Waals surface area (Å²) >= 11 is 0. The number of aryl methyl sites for hydroxylation is 1. The molecule has 6 rings (SSSR count). The van der Waals surface area contributed by atoms with Crippen molar-refractivity contribution in [1.29, 1.82) is 0 Å². The molecule has 2 fully saturated rings. The number of hydrogen-bond acceptors (Lipinski definition) is 11. The van der Waals surface area contributed by atoms with E-state index in [1.807, 2.05) is 62.4 Å². The van der Waals surface area contributed by atoms with Crippen LogP contribution in [0.3, 0.4) is 0 Å². The number of aliphatic hydroxyl groups excluding tert-OH is 2. The summed E-state index contributed by atoms with van der Waals surface area (Å²) in [4.78, 5) is 61.5. The SMILES string of the molecule is CCOC(=O)[C@@H](CCc1cnc(C(=O)Nc2cccc(-c3cccc(CC(=O)c4cc(C5CC5)c(CN[C@H](C(=O)OCC)[C@@H](C)O)cn4)c3C)c2C)cc1C1CC1)[C@@H](C)O. The molecular formula is C48H58N4O8. The predicted octanol–water partition coefficient (Wildman–Crippen LogP) is 7.09. The highest BCUT2D eigenvalue weighted by atomic mass is 16.5. The van der Waals surface area contributed by atoms with Gasteiger partial charge in [-0.15, -0.1) is 0 Å². The molecule has 2 heterocycles. The summed E-state index contributed by atoms with van der Waals surface area (Å²) < 4.78 is 10.3. The van der Waals surface area contributed by atoms with Crippen molar-refractivity contribution in [2.45, 2.75) is 123 Å². The van der Waals surface area contributed by atoms with Gasteiger partial charge in [-0.3, -0.25) is 34.5 Å². The number of rotatable bonds is 20. The second kappa shape index (κ2) is 19.8. The number of aliphatic hydroxyl groups is 2. The summed E-state index contributed by atoms with van der Waals surface area (Å²) in [6.45, 7) is 11.4. The van der Waals surface area contributed by atoms with Crippen molar-refractivity contribution in [2.24, 2.45) is 5.92 Å². The molecule has 0 unspecified atom stereocenters. The van der Waals surface area contributed by atoms with Crippen LogP contribution in [0.15, 0.2) is 60.9 Å². The van der Waals surface area contributed by atoms with Gasteiger partial charge in [-0.25, -0.2) is 0 Å². The maximum absolute atomic E-state index is 13.8. The van der Waals surface area contributed by atoms with Gasteiger partial charge in [-0.1, -0.05) is 30.3 Å². The average Bonchev–Trinajstić information content (AvgIpc) is 4.15. The van der Waals surface area contributed by atoms with Gasteiger partial charge in [0.05, 0.1) is 31.3 Å². The van der Waals surface area contributed by atoms with E-state index >= 15 is 0 Å². The first-order valence-corrected chi connectivity index (χ1v) is 21.2. The quantitative estimate of drug-likeness (QED) is 0.0529. The molecule has 318 valence electrons. The largest absolute Gasteiger partial charge is 0.466 e. The lowest BCUT2D eigenvalue weighted by Gasteiger charge is -2.20. The minimum absolute atomic E-state index is 0.103. The minimum Gasteiger partial charge on any atom is -0.466 e. The van der Waals surface area contributed by atoms with Crippen molar-refractivity contribution in [3.05, 3.63) is 111 Å². The van der Waals surface area contributed by atoms with Gasteiger partial charge in [0.15, 0.2) is 5.78 Å². The first kappa shape index (κ1) is 44.3. The molecule has 0 bridgehead atoms. The highest BCUT2D eigenvalue weighted by Crippen LogP contribution is 2.43. The number of benzene rings is 2. The number of ether oxygens (including phenoxy) is 2. The number of aromatic nitrogens is 2. The molecule has 4 aromatic rings. The number of Topliss-reactive ketones (excluding diaryl/α,β-unsaturated/α-hetero) is 1.